The van der Waals surface area contributed by atoms with Crippen molar-refractivity contribution in [3.8, 4) is 5.75 Å². The van der Waals surface area contributed by atoms with Gasteiger partial charge in [0, 0.05) is 31.2 Å². The molecule has 7 nitrogen and oxygen atoms in total. The number of carbonyl (C=O) groups is 1. The number of methoxy groups -OCH3 is 1. The van der Waals surface area contributed by atoms with Crippen LogP contribution >= 0.6 is 11.6 Å². The van der Waals surface area contributed by atoms with E-state index in [1.54, 1.807) is 24.3 Å². The molecular weight excluding hydrogens is 450 g/mol. The highest BCUT2D eigenvalue weighted by molar-refractivity contribution is 7.89. The number of nitrogens with zero attached hydrogens (tertiary/aromatic N) is 2. The van der Waals surface area contributed by atoms with E-state index in [2.05, 4.69) is 5.32 Å². The fourth-order valence-corrected chi connectivity index (χ4v) is 6.02. The second-order valence-corrected chi connectivity index (χ2v) is 10.6. The molecule has 0 bridgehead atoms. The molecular formula is C23H28ClN3O4S. The van der Waals surface area contributed by atoms with Crippen LogP contribution in [0.3, 0.4) is 0 Å². The number of fused-ring (bicyclic) bond motifs is 1. The second kappa shape index (κ2) is 9.39. The van der Waals surface area contributed by atoms with Crippen LogP contribution in [0.5, 0.6) is 5.75 Å². The molecule has 0 aromatic heterocycles. The average Bonchev–Trinajstić information content (AvgIpc) is 3.27. The summed E-state index contributed by atoms with van der Waals surface area (Å²) in [7, 11) is -2.01. The van der Waals surface area contributed by atoms with Crippen molar-refractivity contribution in [2.75, 3.05) is 38.6 Å². The standard InChI is InChI=1S/C23H28ClN3O4S/c1-16(23(28)25-21-15-19(24)7-9-22(21)31-2)26-10-12-27(13-11-26)32(29,30)20-8-6-17-4-3-5-18(17)14-20/h6-9,14-16H,3-5,10-13H2,1-2H3,(H,25,28)/t16-/m0/s1. The third-order valence-corrected chi connectivity index (χ3v) is 8.46. The maximum atomic E-state index is 13.1. The van der Waals surface area contributed by atoms with Crippen LogP contribution in [0, 0.1) is 0 Å². The van der Waals surface area contributed by atoms with E-state index in [0.29, 0.717) is 47.5 Å². The van der Waals surface area contributed by atoms with Gasteiger partial charge >= 0.3 is 0 Å². The molecule has 1 aliphatic carbocycles. The Morgan fingerprint density at radius 3 is 2.50 bits per heavy atom. The number of piperazine rings is 1. The van der Waals surface area contributed by atoms with E-state index in [4.69, 9.17) is 16.3 Å². The second-order valence-electron chi connectivity index (χ2n) is 8.23. The van der Waals surface area contributed by atoms with E-state index in [1.807, 2.05) is 24.0 Å². The number of aryl methyl sites for hydroxylation is 2. The zero-order valence-electron chi connectivity index (χ0n) is 18.3. The van der Waals surface area contributed by atoms with Crippen molar-refractivity contribution in [2.45, 2.75) is 37.1 Å². The first kappa shape index (κ1) is 23.0. The summed E-state index contributed by atoms with van der Waals surface area (Å²) in [4.78, 5) is 15.2. The molecule has 0 unspecified atom stereocenters. The zero-order valence-corrected chi connectivity index (χ0v) is 19.9. The van der Waals surface area contributed by atoms with E-state index < -0.39 is 16.1 Å². The molecule has 0 radical (unpaired) electrons. The number of hydrogen-bond donors (Lipinski definition) is 1. The zero-order chi connectivity index (χ0) is 22.9. The summed E-state index contributed by atoms with van der Waals surface area (Å²) in [6.07, 6.45) is 3.05. The molecule has 1 aliphatic heterocycles. The summed E-state index contributed by atoms with van der Waals surface area (Å²) in [6, 6.07) is 10.1. The third kappa shape index (κ3) is 4.64. The smallest absolute Gasteiger partial charge is 0.243 e. The largest absolute Gasteiger partial charge is 0.495 e. The average molecular weight is 478 g/mol. The van der Waals surface area contributed by atoms with Crippen molar-refractivity contribution >= 4 is 33.2 Å². The van der Waals surface area contributed by atoms with Gasteiger partial charge in [0.15, 0.2) is 0 Å². The minimum Gasteiger partial charge on any atom is -0.495 e. The minimum absolute atomic E-state index is 0.194. The number of nitrogens with one attached hydrogen (secondary N) is 1. The fourth-order valence-electron chi connectivity index (χ4n) is 4.37. The number of hydrogen-bond acceptors (Lipinski definition) is 5. The van der Waals surface area contributed by atoms with Gasteiger partial charge in [-0.1, -0.05) is 17.7 Å². The van der Waals surface area contributed by atoms with E-state index in [-0.39, 0.29) is 5.91 Å². The third-order valence-electron chi connectivity index (χ3n) is 6.33. The SMILES string of the molecule is COc1ccc(Cl)cc1NC(=O)[C@H](C)N1CCN(S(=O)(=O)c2ccc3c(c2)CCC3)CC1. The first-order chi connectivity index (χ1) is 15.3. The Morgan fingerprint density at radius 2 is 1.78 bits per heavy atom. The molecule has 0 spiro atoms. The molecule has 1 amide bonds. The lowest BCUT2D eigenvalue weighted by Gasteiger charge is -2.36. The van der Waals surface area contributed by atoms with Gasteiger partial charge in [-0.15, -0.1) is 0 Å². The lowest BCUT2D eigenvalue weighted by atomic mass is 10.1. The monoisotopic (exact) mass is 477 g/mol. The van der Waals surface area contributed by atoms with Gasteiger partial charge in [-0.25, -0.2) is 8.42 Å². The fraction of sp³-hybridized carbons (Fsp3) is 0.435. The number of anilines is 1. The van der Waals surface area contributed by atoms with Crippen LogP contribution in [0.2, 0.25) is 5.02 Å². The van der Waals surface area contributed by atoms with Gasteiger partial charge in [0.1, 0.15) is 5.75 Å². The maximum Gasteiger partial charge on any atom is 0.243 e. The molecule has 1 heterocycles. The number of rotatable bonds is 6. The summed E-state index contributed by atoms with van der Waals surface area (Å²) < 4.78 is 33.1. The summed E-state index contributed by atoms with van der Waals surface area (Å²) in [5.41, 5.74) is 2.91. The van der Waals surface area contributed by atoms with Crippen molar-refractivity contribution in [3.63, 3.8) is 0 Å². The molecule has 1 atom stereocenters. The van der Waals surface area contributed by atoms with E-state index in [1.165, 1.54) is 17.0 Å². The highest BCUT2D eigenvalue weighted by Gasteiger charge is 2.32. The van der Waals surface area contributed by atoms with Crippen molar-refractivity contribution in [1.29, 1.82) is 0 Å². The highest BCUT2D eigenvalue weighted by atomic mass is 35.5. The summed E-state index contributed by atoms with van der Waals surface area (Å²) in [5, 5.41) is 3.37. The number of halogens is 1. The Morgan fingerprint density at radius 1 is 1.06 bits per heavy atom. The van der Waals surface area contributed by atoms with Crippen molar-refractivity contribution < 1.29 is 17.9 Å². The van der Waals surface area contributed by atoms with Gasteiger partial charge in [-0.05, 0) is 67.6 Å². The summed E-state index contributed by atoms with van der Waals surface area (Å²) >= 11 is 6.05. The first-order valence-electron chi connectivity index (χ1n) is 10.8. The molecule has 0 saturated carbocycles. The van der Waals surface area contributed by atoms with Crippen LogP contribution in [0.1, 0.15) is 24.5 Å². The van der Waals surface area contributed by atoms with Crippen molar-refractivity contribution in [1.82, 2.24) is 9.21 Å². The normalized spacial score (nSPS) is 18.2. The molecule has 4 rings (SSSR count). The lowest BCUT2D eigenvalue weighted by Crippen LogP contribution is -2.53. The Balaban J connectivity index is 1.39. The van der Waals surface area contributed by atoms with E-state index >= 15 is 0 Å². The molecule has 1 saturated heterocycles. The molecule has 2 aliphatic rings. The van der Waals surface area contributed by atoms with Crippen molar-refractivity contribution in [2.24, 2.45) is 0 Å². The minimum atomic E-state index is -3.54. The van der Waals surface area contributed by atoms with Crippen molar-refractivity contribution in [3.05, 3.63) is 52.5 Å². The number of sulfonamides is 1. The van der Waals surface area contributed by atoms with Crippen LogP contribution in [-0.4, -0.2) is 62.9 Å². The van der Waals surface area contributed by atoms with Gasteiger partial charge < -0.3 is 10.1 Å². The van der Waals surface area contributed by atoms with Gasteiger partial charge in [-0.2, -0.15) is 4.31 Å². The number of ether oxygens (including phenoxy) is 1. The van der Waals surface area contributed by atoms with E-state index in [0.717, 1.165) is 24.8 Å². The maximum absolute atomic E-state index is 13.1. The lowest BCUT2D eigenvalue weighted by molar-refractivity contribution is -0.121. The topological polar surface area (TPSA) is 79.0 Å². The van der Waals surface area contributed by atoms with Crippen LogP contribution in [-0.2, 0) is 27.7 Å². The van der Waals surface area contributed by atoms with Gasteiger partial charge in [0.2, 0.25) is 15.9 Å². The number of benzene rings is 2. The number of carbonyl (C=O) groups excluding carboxylic acids is 1. The van der Waals surface area contributed by atoms with Crippen LogP contribution in [0.25, 0.3) is 0 Å². The Labute approximate surface area is 194 Å². The van der Waals surface area contributed by atoms with Gasteiger partial charge in [0.05, 0.1) is 23.7 Å². The molecule has 1 fully saturated rings. The van der Waals surface area contributed by atoms with Crippen LogP contribution in [0.15, 0.2) is 41.3 Å². The molecule has 1 N–H and O–H groups in total. The molecule has 2 aromatic carbocycles. The molecule has 172 valence electrons. The van der Waals surface area contributed by atoms with Crippen LogP contribution < -0.4 is 10.1 Å². The molecule has 32 heavy (non-hydrogen) atoms. The van der Waals surface area contributed by atoms with Crippen LogP contribution in [0.4, 0.5) is 5.69 Å². The molecule has 2 aromatic rings. The van der Waals surface area contributed by atoms with Gasteiger partial charge in [-0.3, -0.25) is 9.69 Å². The predicted molar refractivity (Wildman–Crippen MR) is 125 cm³/mol. The predicted octanol–water partition coefficient (Wildman–Crippen LogP) is 3.17. The van der Waals surface area contributed by atoms with Gasteiger partial charge in [0.25, 0.3) is 0 Å². The highest BCUT2D eigenvalue weighted by Crippen LogP contribution is 2.29. The molecule has 9 heteroatoms. The Hall–Kier alpha value is -2.13. The summed E-state index contributed by atoms with van der Waals surface area (Å²) in [5.74, 6) is 0.334. The Kier molecular flexibility index (Phi) is 6.76. The number of amides is 1. The first-order valence-corrected chi connectivity index (χ1v) is 12.6. The van der Waals surface area contributed by atoms with E-state index in [9.17, 15) is 13.2 Å². The summed E-state index contributed by atoms with van der Waals surface area (Å²) in [6.45, 7) is 3.46. The Bertz CT molecular complexity index is 1110. The quantitative estimate of drug-likeness (QED) is 0.691.